The van der Waals surface area contributed by atoms with E-state index in [-0.39, 0.29) is 60.0 Å². The minimum atomic E-state index is -2.03. The molecule has 4 unspecified atom stereocenters. The number of phenolic OH excluding ortho intramolecular Hbond substituents is 2. The summed E-state index contributed by atoms with van der Waals surface area (Å²) in [5.41, 5.74) is 2.74. The molecule has 46 heavy (non-hydrogen) atoms. The van der Waals surface area contributed by atoms with Gasteiger partial charge < -0.3 is 45.1 Å². The van der Waals surface area contributed by atoms with Gasteiger partial charge in [0, 0.05) is 42.0 Å². The Hall–Kier alpha value is -4.04. The number of para-hydroxylation sites is 1. The molecule has 13 heteroatoms. The van der Waals surface area contributed by atoms with Crippen LogP contribution in [0.3, 0.4) is 0 Å². The molecule has 1 fully saturated rings. The Morgan fingerprint density at radius 2 is 1.70 bits per heavy atom. The largest absolute Gasteiger partial charge is 0.507 e. The number of aliphatic hydroxyl groups is 2. The minimum absolute atomic E-state index is 0. The number of aliphatic hydroxyl groups excluding tert-OH is 1. The molecular weight excluding hydrogens is 622 g/mol. The lowest BCUT2D eigenvalue weighted by molar-refractivity contribution is -0.247. The number of carbonyl (C=O) groups excluding carboxylic acids is 3. The molecule has 3 aliphatic rings. The molecule has 6 rings (SSSR count). The number of ether oxygens (including phenoxy) is 4. The van der Waals surface area contributed by atoms with E-state index in [1.807, 2.05) is 6.07 Å². The molecule has 2 aliphatic carbocycles. The van der Waals surface area contributed by atoms with Crippen LogP contribution >= 0.6 is 12.4 Å². The number of aromatic hydroxyl groups is 2. The zero-order valence-corrected chi connectivity index (χ0v) is 25.8. The van der Waals surface area contributed by atoms with Crippen molar-refractivity contribution in [3.8, 4) is 23.0 Å². The summed E-state index contributed by atoms with van der Waals surface area (Å²) in [6.07, 6.45) is -4.71. The van der Waals surface area contributed by atoms with Crippen molar-refractivity contribution in [2.45, 2.75) is 69.4 Å². The Bertz CT molecular complexity index is 1680. The standard InChI is InChI=1S/C33H33NO11.ClH/c1-15-28(36)20(34)11-23(44-15)45-22-13-33(41,16(2)35)12-19-25(22)32(40)27-26(30(19)38)29(37)18-9-6-10-21(24(18)31(27)39)43-14-42-17-7-4-3-5-8-17;/h3-10,15,20,22-23,28,36,38,40-41H,11-14,34H2,1-2H3;1H/t15?,20?,22-,23?,28?,33-;/m0./s1. The average Bonchev–Trinajstić information content (AvgIpc) is 3.00. The number of carbonyl (C=O) groups is 3. The maximum absolute atomic E-state index is 14.1. The number of hydrogen-bond acceptors (Lipinski definition) is 12. The lowest BCUT2D eigenvalue weighted by Gasteiger charge is -2.42. The third-order valence-electron chi connectivity index (χ3n) is 8.76. The summed E-state index contributed by atoms with van der Waals surface area (Å²) in [4.78, 5) is 40.5. The van der Waals surface area contributed by atoms with Crippen molar-refractivity contribution in [3.63, 3.8) is 0 Å². The van der Waals surface area contributed by atoms with Crippen LogP contribution in [0.1, 0.15) is 75.8 Å². The van der Waals surface area contributed by atoms with E-state index in [1.54, 1.807) is 31.2 Å². The van der Waals surface area contributed by atoms with Crippen LogP contribution < -0.4 is 15.2 Å². The van der Waals surface area contributed by atoms with Gasteiger partial charge in [0.1, 0.15) is 28.6 Å². The van der Waals surface area contributed by atoms with Gasteiger partial charge in [0.25, 0.3) is 0 Å². The predicted molar refractivity (Wildman–Crippen MR) is 164 cm³/mol. The van der Waals surface area contributed by atoms with Crippen molar-refractivity contribution in [1.82, 2.24) is 0 Å². The highest BCUT2D eigenvalue weighted by Gasteiger charge is 2.49. The van der Waals surface area contributed by atoms with Crippen LogP contribution in [0.5, 0.6) is 23.0 Å². The maximum atomic E-state index is 14.1. The number of phenols is 2. The van der Waals surface area contributed by atoms with Crippen LogP contribution in [0.15, 0.2) is 48.5 Å². The fourth-order valence-electron chi connectivity index (χ4n) is 6.29. The average molecular weight is 656 g/mol. The molecule has 6 atom stereocenters. The van der Waals surface area contributed by atoms with E-state index in [0.29, 0.717) is 5.75 Å². The number of nitrogens with two attached hydrogens (primary N) is 1. The first kappa shape index (κ1) is 33.3. The second kappa shape index (κ2) is 12.6. The second-order valence-electron chi connectivity index (χ2n) is 11.7. The van der Waals surface area contributed by atoms with Crippen molar-refractivity contribution >= 4 is 29.8 Å². The smallest absolute Gasteiger partial charge is 0.230 e. The number of benzene rings is 3. The lowest BCUT2D eigenvalue weighted by atomic mass is 9.72. The third-order valence-corrected chi connectivity index (χ3v) is 8.76. The molecule has 6 N–H and O–H groups in total. The Morgan fingerprint density at radius 3 is 2.37 bits per heavy atom. The SMILES string of the molecule is CC(=O)[C@]1(O)Cc2c(O)c3c(c(O)c2[C@@H](OC2CC(N)C(O)C(C)O2)C1)C(=O)c1c(OCOc2ccccc2)cccc1C3=O.Cl. The van der Waals surface area contributed by atoms with Crippen LogP contribution in [0, 0.1) is 0 Å². The van der Waals surface area contributed by atoms with Crippen LogP contribution in [-0.4, -0.2) is 74.7 Å². The number of fused-ring (bicyclic) bond motifs is 3. The van der Waals surface area contributed by atoms with Crippen LogP contribution in [0.25, 0.3) is 0 Å². The van der Waals surface area contributed by atoms with Gasteiger partial charge in [-0.1, -0.05) is 30.3 Å². The first-order chi connectivity index (χ1) is 21.4. The molecule has 0 aromatic heterocycles. The highest BCUT2D eigenvalue weighted by atomic mass is 35.5. The molecular formula is C33H34ClNO11. The number of halogens is 1. The third kappa shape index (κ3) is 5.61. The van der Waals surface area contributed by atoms with Gasteiger partial charge in [-0.2, -0.15) is 0 Å². The summed E-state index contributed by atoms with van der Waals surface area (Å²) >= 11 is 0. The van der Waals surface area contributed by atoms with E-state index >= 15 is 0 Å². The van der Waals surface area contributed by atoms with E-state index in [2.05, 4.69) is 0 Å². The molecule has 0 radical (unpaired) electrons. The molecule has 0 bridgehead atoms. The molecule has 0 spiro atoms. The first-order valence-electron chi connectivity index (χ1n) is 14.5. The van der Waals surface area contributed by atoms with Gasteiger partial charge in [-0.05, 0) is 32.0 Å². The van der Waals surface area contributed by atoms with E-state index < -0.39 is 82.6 Å². The number of Topliss-reactive ketones (excluding diaryl/α,β-unsaturated/α-hetero) is 1. The zero-order valence-electron chi connectivity index (χ0n) is 25.0. The Kier molecular flexibility index (Phi) is 9.15. The Morgan fingerprint density at radius 1 is 1.00 bits per heavy atom. The lowest BCUT2D eigenvalue weighted by Crippen LogP contribution is -2.52. The summed E-state index contributed by atoms with van der Waals surface area (Å²) in [5.74, 6) is -2.92. The van der Waals surface area contributed by atoms with Gasteiger partial charge >= 0.3 is 0 Å². The van der Waals surface area contributed by atoms with Crippen molar-refractivity contribution in [1.29, 1.82) is 0 Å². The summed E-state index contributed by atoms with van der Waals surface area (Å²) in [7, 11) is 0. The van der Waals surface area contributed by atoms with E-state index in [0.717, 1.165) is 0 Å². The summed E-state index contributed by atoms with van der Waals surface area (Å²) < 4.78 is 23.2. The predicted octanol–water partition coefficient (Wildman–Crippen LogP) is 2.86. The van der Waals surface area contributed by atoms with Gasteiger partial charge in [0.15, 0.2) is 17.9 Å². The number of hydrogen-bond donors (Lipinski definition) is 5. The van der Waals surface area contributed by atoms with Gasteiger partial charge in [0.05, 0.1) is 35.0 Å². The molecule has 0 amide bonds. The molecule has 12 nitrogen and oxygen atoms in total. The Labute approximate surface area is 270 Å². The van der Waals surface area contributed by atoms with Crippen molar-refractivity contribution in [2.24, 2.45) is 5.73 Å². The van der Waals surface area contributed by atoms with Crippen LogP contribution in [-0.2, 0) is 20.7 Å². The molecule has 1 heterocycles. The van der Waals surface area contributed by atoms with Crippen molar-refractivity contribution in [2.75, 3.05) is 6.79 Å². The van der Waals surface area contributed by atoms with Crippen LogP contribution in [0.4, 0.5) is 0 Å². The number of rotatable bonds is 7. The van der Waals surface area contributed by atoms with Crippen molar-refractivity contribution < 1.29 is 53.8 Å². The van der Waals surface area contributed by atoms with E-state index in [9.17, 15) is 34.8 Å². The fraction of sp³-hybridized carbons (Fsp3) is 0.364. The quantitative estimate of drug-likeness (QED) is 0.145. The molecule has 1 saturated heterocycles. The second-order valence-corrected chi connectivity index (χ2v) is 11.7. The van der Waals surface area contributed by atoms with E-state index in [4.69, 9.17) is 24.7 Å². The maximum Gasteiger partial charge on any atom is 0.230 e. The summed E-state index contributed by atoms with van der Waals surface area (Å²) in [5, 5.41) is 44.7. The van der Waals surface area contributed by atoms with Crippen molar-refractivity contribution in [3.05, 3.63) is 81.9 Å². The molecule has 244 valence electrons. The summed E-state index contributed by atoms with van der Waals surface area (Å²) in [6, 6.07) is 12.5. The van der Waals surface area contributed by atoms with Gasteiger partial charge in [-0.15, -0.1) is 12.4 Å². The van der Waals surface area contributed by atoms with Gasteiger partial charge in [-0.25, -0.2) is 0 Å². The molecule has 3 aromatic rings. The molecule has 1 aliphatic heterocycles. The topological polar surface area (TPSA) is 195 Å². The van der Waals surface area contributed by atoms with Gasteiger partial charge in [0.2, 0.25) is 12.6 Å². The summed E-state index contributed by atoms with van der Waals surface area (Å²) in [6.45, 7) is 2.50. The number of ketones is 3. The minimum Gasteiger partial charge on any atom is -0.507 e. The molecule has 0 saturated carbocycles. The normalized spacial score (nSPS) is 26.7. The van der Waals surface area contributed by atoms with Gasteiger partial charge in [-0.3, -0.25) is 14.4 Å². The van der Waals surface area contributed by atoms with E-state index in [1.165, 1.54) is 25.1 Å². The fourth-order valence-corrected chi connectivity index (χ4v) is 6.29. The zero-order chi connectivity index (χ0) is 32.2. The monoisotopic (exact) mass is 655 g/mol. The van der Waals surface area contributed by atoms with Crippen LogP contribution in [0.2, 0.25) is 0 Å². The molecule has 3 aromatic carbocycles. The first-order valence-corrected chi connectivity index (χ1v) is 14.5. The Balaban J connectivity index is 0.00000417. The highest BCUT2D eigenvalue weighted by Crippen LogP contribution is 2.52. The highest BCUT2D eigenvalue weighted by molar-refractivity contribution is 6.31.